The average Bonchev–Trinajstić information content (AvgIpc) is 2.97. The van der Waals surface area contributed by atoms with Gasteiger partial charge in [-0.15, -0.1) is 10.2 Å². The molecule has 0 radical (unpaired) electrons. The molecule has 0 bridgehead atoms. The summed E-state index contributed by atoms with van der Waals surface area (Å²) in [5.41, 5.74) is 9.05. The van der Waals surface area contributed by atoms with Crippen molar-refractivity contribution in [2.75, 3.05) is 0 Å². The van der Waals surface area contributed by atoms with Crippen LogP contribution in [0.1, 0.15) is 5.01 Å². The minimum Gasteiger partial charge on any atom is -0.324 e. The van der Waals surface area contributed by atoms with Crippen molar-refractivity contribution in [1.29, 1.82) is 0 Å². The molecule has 0 aliphatic carbocycles. The second kappa shape index (κ2) is 5.30. The van der Waals surface area contributed by atoms with Gasteiger partial charge in [0.1, 0.15) is 10.0 Å². The van der Waals surface area contributed by atoms with E-state index in [0.29, 0.717) is 6.54 Å². The third-order valence-electron chi connectivity index (χ3n) is 2.88. The molecule has 0 fully saturated rings. The molecular weight excluding hydrogens is 254 g/mol. The van der Waals surface area contributed by atoms with Crippen molar-refractivity contribution >= 4 is 11.3 Å². The lowest BCUT2D eigenvalue weighted by Crippen LogP contribution is -1.94. The Bertz CT molecular complexity index is 659. The summed E-state index contributed by atoms with van der Waals surface area (Å²) in [5, 5.41) is 9.96. The Morgan fingerprint density at radius 2 is 1.42 bits per heavy atom. The Balaban J connectivity index is 1.90. The van der Waals surface area contributed by atoms with E-state index >= 15 is 0 Å². The summed E-state index contributed by atoms with van der Waals surface area (Å²) in [4.78, 5) is 0. The largest absolute Gasteiger partial charge is 0.324 e. The van der Waals surface area contributed by atoms with E-state index in [-0.39, 0.29) is 0 Å². The van der Waals surface area contributed by atoms with E-state index in [9.17, 15) is 0 Å². The number of nitrogens with two attached hydrogens (primary N) is 1. The van der Waals surface area contributed by atoms with E-state index in [1.165, 1.54) is 11.1 Å². The second-order valence-corrected chi connectivity index (χ2v) is 5.21. The highest BCUT2D eigenvalue weighted by molar-refractivity contribution is 7.14. The molecule has 94 valence electrons. The number of hydrogen-bond donors (Lipinski definition) is 1. The second-order valence-electron chi connectivity index (χ2n) is 4.15. The summed E-state index contributed by atoms with van der Waals surface area (Å²) in [5.74, 6) is 0. The van der Waals surface area contributed by atoms with Crippen LogP contribution in [-0.2, 0) is 6.54 Å². The normalized spacial score (nSPS) is 10.6. The maximum atomic E-state index is 5.55. The molecule has 0 saturated carbocycles. The molecule has 3 rings (SSSR count). The Labute approximate surface area is 115 Å². The van der Waals surface area contributed by atoms with Gasteiger partial charge in [0.05, 0.1) is 0 Å². The first-order chi connectivity index (χ1) is 9.36. The number of aromatic nitrogens is 2. The summed E-state index contributed by atoms with van der Waals surface area (Å²) < 4.78 is 0. The molecule has 1 aromatic heterocycles. The standard InChI is InChI=1S/C15H13N3S/c16-10-14-17-18-15(19-14)13-8-6-12(7-9-13)11-4-2-1-3-5-11/h1-9H,10,16H2. The lowest BCUT2D eigenvalue weighted by molar-refractivity contribution is 0.960. The zero-order valence-corrected chi connectivity index (χ0v) is 11.1. The fourth-order valence-corrected chi connectivity index (χ4v) is 2.61. The molecular formula is C15H13N3S. The van der Waals surface area contributed by atoms with Crippen molar-refractivity contribution < 1.29 is 0 Å². The molecule has 4 heteroatoms. The molecule has 2 N–H and O–H groups in total. The molecule has 2 aromatic carbocycles. The van der Waals surface area contributed by atoms with Crippen LogP contribution < -0.4 is 5.73 Å². The van der Waals surface area contributed by atoms with Gasteiger partial charge in [-0.2, -0.15) is 0 Å². The predicted molar refractivity (Wildman–Crippen MR) is 78.7 cm³/mol. The van der Waals surface area contributed by atoms with Crippen LogP contribution in [-0.4, -0.2) is 10.2 Å². The van der Waals surface area contributed by atoms with Crippen molar-refractivity contribution in [3.63, 3.8) is 0 Å². The van der Waals surface area contributed by atoms with Crippen LogP contribution in [0, 0.1) is 0 Å². The quantitative estimate of drug-likeness (QED) is 0.792. The van der Waals surface area contributed by atoms with E-state index < -0.39 is 0 Å². The monoisotopic (exact) mass is 267 g/mol. The van der Waals surface area contributed by atoms with Gasteiger partial charge in [0.2, 0.25) is 0 Å². The molecule has 0 aliphatic heterocycles. The minimum atomic E-state index is 0.444. The number of nitrogens with zero attached hydrogens (tertiary/aromatic N) is 2. The van der Waals surface area contributed by atoms with Gasteiger partial charge < -0.3 is 5.73 Å². The third-order valence-corrected chi connectivity index (χ3v) is 3.88. The highest BCUT2D eigenvalue weighted by Gasteiger charge is 2.05. The molecule has 0 atom stereocenters. The van der Waals surface area contributed by atoms with E-state index in [4.69, 9.17) is 5.73 Å². The Hall–Kier alpha value is -2.04. The molecule has 0 saturated heterocycles. The predicted octanol–water partition coefficient (Wildman–Crippen LogP) is 3.33. The summed E-state index contributed by atoms with van der Waals surface area (Å²) in [7, 11) is 0. The maximum absolute atomic E-state index is 5.55. The van der Waals surface area contributed by atoms with Crippen LogP contribution in [0.25, 0.3) is 21.7 Å². The SMILES string of the molecule is NCc1nnc(-c2ccc(-c3ccccc3)cc2)s1. The minimum absolute atomic E-state index is 0.444. The van der Waals surface area contributed by atoms with Crippen LogP contribution in [0.5, 0.6) is 0 Å². The van der Waals surface area contributed by atoms with Crippen LogP contribution >= 0.6 is 11.3 Å². The Kier molecular flexibility index (Phi) is 3.35. The first-order valence-corrected chi connectivity index (χ1v) is 6.87. The zero-order valence-electron chi connectivity index (χ0n) is 10.3. The van der Waals surface area contributed by atoms with Crippen molar-refractivity contribution in [1.82, 2.24) is 10.2 Å². The van der Waals surface area contributed by atoms with Gasteiger partial charge in [0.25, 0.3) is 0 Å². The number of rotatable bonds is 3. The van der Waals surface area contributed by atoms with Crippen molar-refractivity contribution in [2.24, 2.45) is 5.73 Å². The van der Waals surface area contributed by atoms with E-state index in [1.807, 2.05) is 18.2 Å². The molecule has 3 nitrogen and oxygen atoms in total. The van der Waals surface area contributed by atoms with Crippen LogP contribution in [0.4, 0.5) is 0 Å². The van der Waals surface area contributed by atoms with Gasteiger partial charge in [0, 0.05) is 12.1 Å². The average molecular weight is 267 g/mol. The molecule has 0 amide bonds. The lowest BCUT2D eigenvalue weighted by Gasteiger charge is -2.02. The molecule has 1 heterocycles. The Morgan fingerprint density at radius 1 is 0.789 bits per heavy atom. The summed E-state index contributed by atoms with van der Waals surface area (Å²) in [6.07, 6.45) is 0. The number of hydrogen-bond acceptors (Lipinski definition) is 4. The van der Waals surface area contributed by atoms with Crippen LogP contribution in [0.3, 0.4) is 0 Å². The lowest BCUT2D eigenvalue weighted by atomic mass is 10.0. The van der Waals surface area contributed by atoms with E-state index in [1.54, 1.807) is 11.3 Å². The van der Waals surface area contributed by atoms with Crippen LogP contribution in [0.2, 0.25) is 0 Å². The van der Waals surface area contributed by atoms with Gasteiger partial charge >= 0.3 is 0 Å². The topological polar surface area (TPSA) is 51.8 Å². The summed E-state index contributed by atoms with van der Waals surface area (Å²) in [6, 6.07) is 18.7. The molecule has 3 aromatic rings. The molecule has 0 aliphatic rings. The van der Waals surface area contributed by atoms with Crippen molar-refractivity contribution in [3.05, 3.63) is 59.6 Å². The van der Waals surface area contributed by atoms with Gasteiger partial charge in [-0.3, -0.25) is 0 Å². The number of benzene rings is 2. The molecule has 0 spiro atoms. The van der Waals surface area contributed by atoms with Gasteiger partial charge in [0.15, 0.2) is 0 Å². The van der Waals surface area contributed by atoms with Crippen molar-refractivity contribution in [2.45, 2.75) is 6.54 Å². The highest BCUT2D eigenvalue weighted by Crippen LogP contribution is 2.26. The summed E-state index contributed by atoms with van der Waals surface area (Å²) >= 11 is 1.54. The zero-order chi connectivity index (χ0) is 13.1. The fourth-order valence-electron chi connectivity index (χ4n) is 1.89. The fraction of sp³-hybridized carbons (Fsp3) is 0.0667. The Morgan fingerprint density at radius 3 is 2.05 bits per heavy atom. The molecule has 19 heavy (non-hydrogen) atoms. The van der Waals surface area contributed by atoms with Gasteiger partial charge in [-0.05, 0) is 11.1 Å². The van der Waals surface area contributed by atoms with Gasteiger partial charge in [-0.1, -0.05) is 65.9 Å². The van der Waals surface area contributed by atoms with Crippen molar-refractivity contribution in [3.8, 4) is 21.7 Å². The smallest absolute Gasteiger partial charge is 0.147 e. The van der Waals surface area contributed by atoms with Crippen LogP contribution in [0.15, 0.2) is 54.6 Å². The molecule has 0 unspecified atom stereocenters. The highest BCUT2D eigenvalue weighted by atomic mass is 32.1. The maximum Gasteiger partial charge on any atom is 0.147 e. The van der Waals surface area contributed by atoms with E-state index in [0.717, 1.165) is 15.6 Å². The first kappa shape index (κ1) is 12.0. The first-order valence-electron chi connectivity index (χ1n) is 6.05. The van der Waals surface area contributed by atoms with Gasteiger partial charge in [-0.25, -0.2) is 0 Å². The summed E-state index contributed by atoms with van der Waals surface area (Å²) in [6.45, 7) is 0.444. The van der Waals surface area contributed by atoms with E-state index in [2.05, 4.69) is 46.6 Å². The third kappa shape index (κ3) is 2.54.